The highest BCUT2D eigenvalue weighted by molar-refractivity contribution is 7.90. The first kappa shape index (κ1) is 56.4. The lowest BCUT2D eigenvalue weighted by molar-refractivity contribution is -0.295. The fraction of sp³-hybridized carbons (Fsp3) is 0.771. The van der Waals surface area contributed by atoms with Crippen LogP contribution in [0, 0.1) is 23.7 Å². The lowest BCUT2D eigenvalue weighted by Gasteiger charge is -2.47. The molecule has 3 aliphatic rings. The van der Waals surface area contributed by atoms with E-state index in [1.165, 1.54) is 56.1 Å². The zero-order chi connectivity index (χ0) is 51.2. The number of carbonyl (C=O) groups excluding carboxylic acids is 2. The van der Waals surface area contributed by atoms with Gasteiger partial charge < -0.3 is 54.4 Å². The van der Waals surface area contributed by atoms with E-state index < -0.39 is 118 Å². The summed E-state index contributed by atoms with van der Waals surface area (Å²) in [5, 5.41) is 63.2. The molecule has 0 radical (unpaired) electrons. The van der Waals surface area contributed by atoms with Gasteiger partial charge in [0, 0.05) is 62.9 Å². The predicted octanol–water partition coefficient (Wildman–Crippen LogP) is 3.13. The Morgan fingerprint density at radius 1 is 1.10 bits per heavy atom. The van der Waals surface area contributed by atoms with Gasteiger partial charge >= 0.3 is 5.97 Å². The monoisotopic (exact) mass is 997 g/mol. The van der Waals surface area contributed by atoms with Crippen molar-refractivity contribution in [3.63, 3.8) is 0 Å². The van der Waals surface area contributed by atoms with Crippen LogP contribution >= 0.6 is 0 Å². The minimum Gasteiger partial charge on any atom is -0.459 e. The van der Waals surface area contributed by atoms with E-state index in [2.05, 4.69) is 20.8 Å². The number of aromatic nitrogens is 3. The van der Waals surface area contributed by atoms with Crippen LogP contribution < -0.4 is 5.32 Å². The van der Waals surface area contributed by atoms with E-state index in [1.54, 1.807) is 27.7 Å². The predicted molar refractivity (Wildman–Crippen MR) is 252 cm³/mol. The Kier molecular flexibility index (Phi) is 19.5. The molecule has 0 amide bonds. The Hall–Kier alpha value is -3.51. The number of hydrogen-bond acceptors (Lipinski definition) is 18. The average Bonchev–Trinajstić information content (AvgIpc) is 3.79. The van der Waals surface area contributed by atoms with Gasteiger partial charge in [0.25, 0.3) is 0 Å². The second kappa shape index (κ2) is 23.8. The number of alkyl halides is 1. The van der Waals surface area contributed by atoms with E-state index in [1.807, 2.05) is 25.8 Å². The number of aliphatic hydroxyl groups excluding tert-OH is 3. The van der Waals surface area contributed by atoms with Crippen LogP contribution in [0.2, 0.25) is 0 Å². The molecule has 16 atom stereocenters. The van der Waals surface area contributed by atoms with Crippen molar-refractivity contribution in [2.75, 3.05) is 46.7 Å². The highest BCUT2D eigenvalue weighted by Gasteiger charge is 2.52. The number of hydrogen-bond donors (Lipinski definition) is 5. The van der Waals surface area contributed by atoms with Crippen molar-refractivity contribution in [3.8, 4) is 0 Å². The number of piperidine rings is 1. The molecule has 69 heavy (non-hydrogen) atoms. The molecule has 1 aromatic carbocycles. The quantitative estimate of drug-likeness (QED) is 0.0976. The van der Waals surface area contributed by atoms with Gasteiger partial charge in [0.15, 0.2) is 21.9 Å². The summed E-state index contributed by atoms with van der Waals surface area (Å²) in [5.41, 5.74) is -2.05. The first-order valence-corrected chi connectivity index (χ1v) is 26.0. The SMILES string of the molecule is CC[C@H]1OC(=O)[C@H](C)C(=O)[C@H](C)[C@@H](O[C@@H]2O[C@H](C)C[C@H](N(C)CCc3cn([C@H](CF)[C@H](O)c4ccc(S(C)(=O)=O)cc4)nn3)[C@H]2O)[C@](C)(OC)C[C@@H](C)C(=NO[C@@H]2CCCNC2)[C@H](C)[C@@H](O)[C@]1(C)O. The highest BCUT2D eigenvalue weighted by atomic mass is 32.2. The van der Waals surface area contributed by atoms with Crippen LogP contribution in [0.4, 0.5) is 4.39 Å². The summed E-state index contributed by atoms with van der Waals surface area (Å²) in [7, 11) is -0.155. The number of nitrogens with zero attached hydrogens (tertiary/aromatic N) is 5. The molecule has 2 aromatic rings. The number of ketones is 1. The summed E-state index contributed by atoms with van der Waals surface area (Å²) in [4.78, 5) is 36.3. The molecule has 390 valence electrons. The van der Waals surface area contributed by atoms with E-state index in [9.17, 15) is 42.8 Å². The molecule has 3 aliphatic heterocycles. The van der Waals surface area contributed by atoms with Crippen molar-refractivity contribution in [2.24, 2.45) is 28.8 Å². The normalized spacial score (nSPS) is 36.2. The molecule has 0 bridgehead atoms. The molecule has 21 heteroatoms. The minimum atomic E-state index is -3.47. The minimum absolute atomic E-state index is 0.0691. The van der Waals surface area contributed by atoms with Crippen molar-refractivity contribution >= 4 is 27.3 Å². The van der Waals surface area contributed by atoms with Crippen LogP contribution in [0.1, 0.15) is 111 Å². The van der Waals surface area contributed by atoms with Crippen LogP contribution in [-0.4, -0.2) is 173 Å². The van der Waals surface area contributed by atoms with Crippen molar-refractivity contribution in [1.29, 1.82) is 0 Å². The zero-order valence-electron chi connectivity index (χ0n) is 42.0. The number of sulfone groups is 1. The highest BCUT2D eigenvalue weighted by Crippen LogP contribution is 2.39. The largest absolute Gasteiger partial charge is 0.459 e. The number of benzene rings is 1. The van der Waals surface area contributed by atoms with Crippen molar-refractivity contribution < 1.29 is 66.6 Å². The third-order valence-electron chi connectivity index (χ3n) is 14.6. The van der Waals surface area contributed by atoms with E-state index in [4.69, 9.17) is 23.8 Å². The molecular weight excluding hydrogens is 920 g/mol. The molecular formula is C48H77FN6O13S. The number of cyclic esters (lactones) is 1. The van der Waals surface area contributed by atoms with Crippen LogP contribution in [0.5, 0.6) is 0 Å². The van der Waals surface area contributed by atoms with Gasteiger partial charge in [-0.2, -0.15) is 0 Å². The summed E-state index contributed by atoms with van der Waals surface area (Å²) in [6.45, 7) is 14.2. The third-order valence-corrected chi connectivity index (χ3v) is 15.7. The molecule has 3 fully saturated rings. The Bertz CT molecular complexity index is 2140. The van der Waals surface area contributed by atoms with Crippen LogP contribution in [0.3, 0.4) is 0 Å². The Labute approximate surface area is 406 Å². The maximum atomic E-state index is 14.5. The Balaban J connectivity index is 1.39. The summed E-state index contributed by atoms with van der Waals surface area (Å²) in [6, 6.07) is 3.91. The lowest BCUT2D eigenvalue weighted by Crippen LogP contribution is -2.60. The molecule has 0 saturated carbocycles. The van der Waals surface area contributed by atoms with Crippen LogP contribution in [0.15, 0.2) is 40.5 Å². The molecule has 1 aromatic heterocycles. The molecule has 0 unspecified atom stereocenters. The Morgan fingerprint density at radius 3 is 2.38 bits per heavy atom. The average molecular weight is 997 g/mol. The van der Waals surface area contributed by atoms with Gasteiger partial charge in [-0.15, -0.1) is 5.10 Å². The van der Waals surface area contributed by atoms with Gasteiger partial charge in [-0.05, 0) is 91.1 Å². The van der Waals surface area contributed by atoms with Gasteiger partial charge in [-0.3, -0.25) is 9.59 Å². The summed E-state index contributed by atoms with van der Waals surface area (Å²) in [6.07, 6.45) is -3.03. The number of halogens is 1. The van der Waals surface area contributed by atoms with Crippen LogP contribution in [-0.2, 0) is 49.6 Å². The number of ether oxygens (including phenoxy) is 4. The number of Topliss-reactive ketones (excluding diaryl/α,β-unsaturated/α-hetero) is 1. The molecule has 5 N–H and O–H groups in total. The van der Waals surface area contributed by atoms with Gasteiger partial charge in [0.05, 0.1) is 40.2 Å². The smallest absolute Gasteiger partial charge is 0.316 e. The van der Waals surface area contributed by atoms with Gasteiger partial charge in [0.1, 0.15) is 48.7 Å². The first-order chi connectivity index (χ1) is 32.4. The second-order valence-electron chi connectivity index (χ2n) is 20.0. The van der Waals surface area contributed by atoms with Gasteiger partial charge in [-0.1, -0.05) is 50.2 Å². The summed E-state index contributed by atoms with van der Waals surface area (Å²) >= 11 is 0. The number of carbonyl (C=O) groups is 2. The number of nitrogens with one attached hydrogen (secondary N) is 1. The van der Waals surface area contributed by atoms with E-state index in [0.717, 1.165) is 25.6 Å². The fourth-order valence-electron chi connectivity index (χ4n) is 10.1. The van der Waals surface area contributed by atoms with E-state index in [0.29, 0.717) is 42.9 Å². The molecule has 0 aliphatic carbocycles. The maximum Gasteiger partial charge on any atom is 0.316 e. The molecule has 4 heterocycles. The number of aliphatic hydroxyl groups is 4. The lowest BCUT2D eigenvalue weighted by atomic mass is 9.74. The molecule has 0 spiro atoms. The third kappa shape index (κ3) is 13.3. The molecule has 5 rings (SSSR count). The number of esters is 1. The fourth-order valence-corrected chi connectivity index (χ4v) is 10.7. The standard InChI is InChI=1S/C48H77FN6O13S/c1-12-38-48(8,61)43(59)29(4)39(52-68-34-14-13-20-50-25-34)27(2)23-47(7,64-10)44(30(5)40(56)31(6)45(60)66-38)67-46-42(58)36(22-28(3)65-46)54(9)21-19-33-26-55(53-51-33)37(24-49)41(57)32-15-17-35(18-16-32)69(11,62)63/h15-18,26-31,34,36-38,41-44,46,50,57-59,61H,12-14,19-25H2,1-11H3/t27-,28-,29+,30+,31-,34-,36+,37-,38-,41-,42-,43-,44-,46+,47-,48-/m1/s1. The first-order valence-electron chi connectivity index (χ1n) is 24.2. The van der Waals surface area contributed by atoms with Crippen molar-refractivity contribution in [1.82, 2.24) is 25.2 Å². The molecule has 3 saturated heterocycles. The Morgan fingerprint density at radius 2 is 1.78 bits per heavy atom. The maximum absolute atomic E-state index is 14.5. The number of rotatable bonds is 15. The van der Waals surface area contributed by atoms with Crippen molar-refractivity contribution in [3.05, 3.63) is 41.7 Å². The summed E-state index contributed by atoms with van der Waals surface area (Å²) < 4.78 is 64.7. The molecule has 19 nitrogen and oxygen atoms in total. The summed E-state index contributed by atoms with van der Waals surface area (Å²) in [5.74, 6) is -5.08. The topological polar surface area (TPSA) is 254 Å². The number of oxime groups is 1. The second-order valence-corrected chi connectivity index (χ2v) is 22.0. The van der Waals surface area contributed by atoms with E-state index >= 15 is 0 Å². The number of methoxy groups -OCH3 is 1. The van der Waals surface area contributed by atoms with Crippen molar-refractivity contribution in [2.45, 2.75) is 171 Å². The van der Waals surface area contributed by atoms with E-state index in [-0.39, 0.29) is 23.8 Å². The van der Waals surface area contributed by atoms with Gasteiger partial charge in [-0.25, -0.2) is 17.5 Å². The van der Waals surface area contributed by atoms with Gasteiger partial charge in [0.2, 0.25) is 0 Å². The van der Waals surface area contributed by atoms with Crippen LogP contribution in [0.25, 0.3) is 0 Å². The number of likely N-dealkylation sites (N-methyl/N-ethyl adjacent to an activating group) is 1. The zero-order valence-corrected chi connectivity index (χ0v) is 42.8.